The Morgan fingerprint density at radius 2 is 2.40 bits per heavy atom. The number of hydrogen-bond acceptors (Lipinski definition) is 4. The highest BCUT2D eigenvalue weighted by molar-refractivity contribution is 7.09. The van der Waals surface area contributed by atoms with Crippen LogP contribution in [0, 0.1) is 6.92 Å². The summed E-state index contributed by atoms with van der Waals surface area (Å²) in [6.45, 7) is 7.04. The lowest BCUT2D eigenvalue weighted by molar-refractivity contribution is -0.122. The topological polar surface area (TPSA) is 54.0 Å². The van der Waals surface area contributed by atoms with Crippen LogP contribution in [0.2, 0.25) is 0 Å². The average Bonchev–Trinajstić information content (AvgIpc) is 2.61. The predicted molar refractivity (Wildman–Crippen MR) is 61.8 cm³/mol. The van der Waals surface area contributed by atoms with Gasteiger partial charge in [-0.15, -0.1) is 11.3 Å². The van der Waals surface area contributed by atoms with Crippen LogP contribution in [-0.2, 0) is 11.3 Å². The van der Waals surface area contributed by atoms with Gasteiger partial charge in [0.2, 0.25) is 5.91 Å². The van der Waals surface area contributed by atoms with Crippen LogP contribution in [-0.4, -0.2) is 23.5 Å². The van der Waals surface area contributed by atoms with Crippen LogP contribution in [0.4, 0.5) is 0 Å². The first-order valence-corrected chi connectivity index (χ1v) is 5.93. The summed E-state index contributed by atoms with van der Waals surface area (Å²) in [4.78, 5) is 15.7. The van der Waals surface area contributed by atoms with Crippen LogP contribution in [0.15, 0.2) is 5.38 Å². The van der Waals surface area contributed by atoms with Gasteiger partial charge >= 0.3 is 0 Å². The van der Waals surface area contributed by atoms with Gasteiger partial charge in [0.25, 0.3) is 0 Å². The van der Waals surface area contributed by atoms with Crippen molar-refractivity contribution in [2.45, 2.75) is 33.4 Å². The average molecular weight is 227 g/mol. The molecule has 4 nitrogen and oxygen atoms in total. The minimum atomic E-state index is -0.174. The number of aromatic nitrogens is 1. The summed E-state index contributed by atoms with van der Waals surface area (Å²) in [7, 11) is 0. The van der Waals surface area contributed by atoms with Gasteiger partial charge in [0, 0.05) is 18.5 Å². The fourth-order valence-electron chi connectivity index (χ4n) is 1.17. The molecule has 1 atom stereocenters. The zero-order chi connectivity index (χ0) is 11.3. The van der Waals surface area contributed by atoms with E-state index in [1.165, 1.54) is 0 Å². The van der Waals surface area contributed by atoms with Crippen molar-refractivity contribution in [1.29, 1.82) is 0 Å². The molecule has 1 amide bonds. The highest BCUT2D eigenvalue weighted by Crippen LogP contribution is 2.07. The van der Waals surface area contributed by atoms with Crippen molar-refractivity contribution in [3.05, 3.63) is 16.1 Å². The number of nitrogens with zero attached hydrogens (tertiary/aromatic N) is 1. The minimum Gasteiger partial charge on any atom is -0.355 e. The van der Waals surface area contributed by atoms with Gasteiger partial charge in [-0.05, 0) is 20.8 Å². The lowest BCUT2D eigenvalue weighted by atomic mass is 10.3. The van der Waals surface area contributed by atoms with E-state index in [9.17, 15) is 4.79 Å². The zero-order valence-electron chi connectivity index (χ0n) is 9.33. The van der Waals surface area contributed by atoms with Crippen molar-refractivity contribution in [1.82, 2.24) is 15.6 Å². The van der Waals surface area contributed by atoms with Crippen molar-refractivity contribution in [3.8, 4) is 0 Å². The van der Waals surface area contributed by atoms with E-state index < -0.39 is 0 Å². The molecule has 0 aliphatic heterocycles. The fourth-order valence-corrected chi connectivity index (χ4v) is 1.78. The number of carbonyl (C=O) groups is 1. The third-order valence-corrected chi connectivity index (χ3v) is 2.82. The van der Waals surface area contributed by atoms with Crippen LogP contribution >= 0.6 is 11.3 Å². The van der Waals surface area contributed by atoms with Crippen molar-refractivity contribution < 1.29 is 4.79 Å². The van der Waals surface area contributed by atoms with Crippen LogP contribution in [0.1, 0.15) is 24.5 Å². The highest BCUT2D eigenvalue weighted by Gasteiger charge is 2.10. The molecular formula is C10H17N3OS. The molecule has 0 fully saturated rings. The summed E-state index contributed by atoms with van der Waals surface area (Å²) in [5.41, 5.74) is 0.994. The number of hydrogen-bond donors (Lipinski definition) is 2. The Bertz CT molecular complexity index is 324. The Kier molecular flexibility index (Phi) is 4.71. The molecule has 0 radical (unpaired) electrons. The van der Waals surface area contributed by atoms with Gasteiger partial charge in [0.1, 0.15) is 0 Å². The summed E-state index contributed by atoms with van der Waals surface area (Å²) in [5.74, 6) is 0.0319. The zero-order valence-corrected chi connectivity index (χ0v) is 10.1. The number of aryl methyl sites for hydroxylation is 1. The van der Waals surface area contributed by atoms with Crippen LogP contribution in [0.25, 0.3) is 0 Å². The first-order chi connectivity index (χ1) is 7.13. The van der Waals surface area contributed by atoms with Gasteiger partial charge in [-0.25, -0.2) is 4.98 Å². The molecule has 84 valence electrons. The Morgan fingerprint density at radius 3 is 2.93 bits per heavy atom. The third kappa shape index (κ3) is 3.97. The van der Waals surface area contributed by atoms with Crippen LogP contribution < -0.4 is 10.6 Å². The molecule has 0 aromatic carbocycles. The van der Waals surface area contributed by atoms with Gasteiger partial charge in [-0.2, -0.15) is 0 Å². The first kappa shape index (κ1) is 12.1. The van der Waals surface area contributed by atoms with E-state index in [1.807, 2.05) is 26.2 Å². The second kappa shape index (κ2) is 5.82. The van der Waals surface area contributed by atoms with E-state index in [0.29, 0.717) is 13.1 Å². The molecule has 0 spiro atoms. The molecule has 1 rings (SSSR count). The molecule has 0 saturated heterocycles. The maximum Gasteiger partial charge on any atom is 0.236 e. The molecule has 0 bridgehead atoms. The van der Waals surface area contributed by atoms with E-state index in [1.54, 1.807) is 11.3 Å². The lowest BCUT2D eigenvalue weighted by Gasteiger charge is -2.11. The van der Waals surface area contributed by atoms with Gasteiger partial charge < -0.3 is 10.6 Å². The highest BCUT2D eigenvalue weighted by atomic mass is 32.1. The smallest absolute Gasteiger partial charge is 0.236 e. The summed E-state index contributed by atoms with van der Waals surface area (Å²) in [6, 6.07) is -0.174. The normalized spacial score (nSPS) is 12.5. The second-order valence-electron chi connectivity index (χ2n) is 3.36. The molecule has 15 heavy (non-hydrogen) atoms. The number of rotatable bonds is 5. The van der Waals surface area contributed by atoms with E-state index in [2.05, 4.69) is 15.6 Å². The summed E-state index contributed by atoms with van der Waals surface area (Å²) < 4.78 is 0. The van der Waals surface area contributed by atoms with E-state index in [0.717, 1.165) is 10.7 Å². The summed E-state index contributed by atoms with van der Waals surface area (Å²) >= 11 is 1.62. The predicted octanol–water partition coefficient (Wildman–Crippen LogP) is 1.07. The second-order valence-corrected chi connectivity index (χ2v) is 4.42. The van der Waals surface area contributed by atoms with Crippen LogP contribution in [0.5, 0.6) is 0 Å². The Hall–Kier alpha value is -0.940. The monoisotopic (exact) mass is 227 g/mol. The maximum atomic E-state index is 11.4. The molecule has 1 aromatic rings. The molecule has 0 aliphatic rings. The Labute approximate surface area is 94.1 Å². The summed E-state index contributed by atoms with van der Waals surface area (Å²) in [6.07, 6.45) is 0. The number of thiazole rings is 1. The molecule has 1 unspecified atom stereocenters. The lowest BCUT2D eigenvalue weighted by Crippen LogP contribution is -2.41. The Balaban J connectivity index is 2.33. The van der Waals surface area contributed by atoms with Crippen molar-refractivity contribution >= 4 is 17.2 Å². The molecule has 2 N–H and O–H groups in total. The van der Waals surface area contributed by atoms with Gasteiger partial charge in [-0.1, -0.05) is 0 Å². The standard InChI is InChI=1S/C10H17N3OS/c1-4-11-10(14)7(2)12-5-9-6-15-8(3)13-9/h6-7,12H,4-5H2,1-3H3,(H,11,14). The van der Waals surface area contributed by atoms with E-state index in [4.69, 9.17) is 0 Å². The minimum absolute atomic E-state index is 0.0319. The van der Waals surface area contributed by atoms with Crippen molar-refractivity contribution in [2.75, 3.05) is 6.54 Å². The Morgan fingerprint density at radius 1 is 1.67 bits per heavy atom. The number of likely N-dealkylation sites (N-methyl/N-ethyl adjacent to an activating group) is 1. The van der Waals surface area contributed by atoms with Gasteiger partial charge in [0.05, 0.1) is 16.7 Å². The van der Waals surface area contributed by atoms with Crippen molar-refractivity contribution in [2.24, 2.45) is 0 Å². The number of nitrogens with one attached hydrogen (secondary N) is 2. The quantitative estimate of drug-likeness (QED) is 0.791. The molecule has 1 heterocycles. The molecular weight excluding hydrogens is 210 g/mol. The third-order valence-electron chi connectivity index (χ3n) is 2.00. The fraction of sp³-hybridized carbons (Fsp3) is 0.600. The molecule has 0 saturated carbocycles. The SMILES string of the molecule is CCNC(=O)C(C)NCc1csc(C)n1. The van der Waals surface area contributed by atoms with Gasteiger partial charge in [-0.3, -0.25) is 4.79 Å². The summed E-state index contributed by atoms with van der Waals surface area (Å²) in [5, 5.41) is 8.96. The molecule has 5 heteroatoms. The van der Waals surface area contributed by atoms with Crippen molar-refractivity contribution in [3.63, 3.8) is 0 Å². The largest absolute Gasteiger partial charge is 0.355 e. The maximum absolute atomic E-state index is 11.4. The number of carbonyl (C=O) groups excluding carboxylic acids is 1. The van der Waals surface area contributed by atoms with Crippen LogP contribution in [0.3, 0.4) is 0 Å². The number of amides is 1. The van der Waals surface area contributed by atoms with E-state index in [-0.39, 0.29) is 11.9 Å². The van der Waals surface area contributed by atoms with Gasteiger partial charge in [0.15, 0.2) is 0 Å². The molecule has 0 aliphatic carbocycles. The molecule has 1 aromatic heterocycles. The first-order valence-electron chi connectivity index (χ1n) is 5.05. The van der Waals surface area contributed by atoms with E-state index >= 15 is 0 Å².